The average molecular weight is 371 g/mol. The molecule has 3 aromatic rings. The highest BCUT2D eigenvalue weighted by molar-refractivity contribution is 7.17. The van der Waals surface area contributed by atoms with Gasteiger partial charge in [-0.15, -0.1) is 11.3 Å². The van der Waals surface area contributed by atoms with Crippen molar-refractivity contribution < 1.29 is 19.4 Å². The number of nitrogens with zero attached hydrogens (tertiary/aromatic N) is 2. The van der Waals surface area contributed by atoms with E-state index in [0.717, 1.165) is 47.3 Å². The first-order valence-corrected chi connectivity index (χ1v) is 8.97. The van der Waals surface area contributed by atoms with Gasteiger partial charge in [0.15, 0.2) is 11.5 Å². The first-order valence-electron chi connectivity index (χ1n) is 8.15. The summed E-state index contributed by atoms with van der Waals surface area (Å²) in [7, 11) is 0. The minimum Gasteiger partial charge on any atom is -0.477 e. The zero-order valence-corrected chi connectivity index (χ0v) is 14.7. The monoisotopic (exact) mass is 371 g/mol. The molecule has 0 unspecified atom stereocenters. The van der Waals surface area contributed by atoms with Crippen molar-refractivity contribution in [3.63, 3.8) is 0 Å². The summed E-state index contributed by atoms with van der Waals surface area (Å²) in [6.45, 7) is 2.51. The molecule has 0 aliphatic carbocycles. The number of thiophene rings is 1. The molecule has 1 aliphatic heterocycles. The molecule has 0 saturated heterocycles. The summed E-state index contributed by atoms with van der Waals surface area (Å²) in [4.78, 5) is 12.1. The standard InChI is InChI=1S/C18H17N3O4S/c22-18(23)17-4-3-16(26-17)13-5-7-21(20-13)8-6-19-10-12-1-2-14-15(9-12)25-11-24-14/h1-5,7,9,19H,6,8,10-11H2,(H,22,23). The Labute approximate surface area is 153 Å². The van der Waals surface area contributed by atoms with E-state index < -0.39 is 5.97 Å². The Hall–Kier alpha value is -2.84. The molecule has 4 rings (SSSR count). The summed E-state index contributed by atoms with van der Waals surface area (Å²) < 4.78 is 12.5. The molecule has 3 heterocycles. The third kappa shape index (κ3) is 3.56. The van der Waals surface area contributed by atoms with E-state index in [2.05, 4.69) is 10.4 Å². The third-order valence-corrected chi connectivity index (χ3v) is 5.09. The summed E-state index contributed by atoms with van der Waals surface area (Å²) in [5, 5.41) is 16.9. The van der Waals surface area contributed by atoms with Crippen LogP contribution in [-0.2, 0) is 13.1 Å². The molecule has 1 aromatic carbocycles. The van der Waals surface area contributed by atoms with E-state index in [1.165, 1.54) is 11.3 Å². The Kier molecular flexibility index (Phi) is 4.59. The van der Waals surface area contributed by atoms with Crippen molar-refractivity contribution in [2.45, 2.75) is 13.1 Å². The van der Waals surface area contributed by atoms with Crippen molar-refractivity contribution in [1.82, 2.24) is 15.1 Å². The summed E-state index contributed by atoms with van der Waals surface area (Å²) >= 11 is 1.23. The van der Waals surface area contributed by atoms with Crippen molar-refractivity contribution in [2.24, 2.45) is 0 Å². The van der Waals surface area contributed by atoms with E-state index in [0.29, 0.717) is 4.88 Å². The molecule has 2 aromatic heterocycles. The highest BCUT2D eigenvalue weighted by Gasteiger charge is 2.13. The van der Waals surface area contributed by atoms with Gasteiger partial charge >= 0.3 is 5.97 Å². The molecule has 0 atom stereocenters. The van der Waals surface area contributed by atoms with Gasteiger partial charge in [-0.1, -0.05) is 6.07 Å². The van der Waals surface area contributed by atoms with Gasteiger partial charge in [-0.3, -0.25) is 4.68 Å². The fourth-order valence-corrected chi connectivity index (χ4v) is 3.50. The number of carboxylic acid groups (broad SMARTS) is 1. The molecule has 0 saturated carbocycles. The van der Waals surface area contributed by atoms with Gasteiger partial charge < -0.3 is 19.9 Å². The first kappa shape index (κ1) is 16.6. The number of carboxylic acids is 1. The van der Waals surface area contributed by atoms with Gasteiger partial charge in [0.2, 0.25) is 6.79 Å². The minimum absolute atomic E-state index is 0.284. The van der Waals surface area contributed by atoms with E-state index >= 15 is 0 Å². The lowest BCUT2D eigenvalue weighted by Gasteiger charge is -2.06. The smallest absolute Gasteiger partial charge is 0.345 e. The fourth-order valence-electron chi connectivity index (χ4n) is 2.69. The predicted octanol–water partition coefficient (Wildman–Crippen LogP) is 2.83. The molecule has 2 N–H and O–H groups in total. The van der Waals surface area contributed by atoms with Crippen LogP contribution in [0.4, 0.5) is 0 Å². The molecular weight excluding hydrogens is 354 g/mol. The van der Waals surface area contributed by atoms with E-state index in [9.17, 15) is 4.79 Å². The second kappa shape index (κ2) is 7.19. The van der Waals surface area contributed by atoms with E-state index in [-0.39, 0.29) is 6.79 Å². The number of ether oxygens (including phenoxy) is 2. The number of hydrogen-bond acceptors (Lipinski definition) is 6. The van der Waals surface area contributed by atoms with Gasteiger partial charge in [-0.05, 0) is 35.9 Å². The highest BCUT2D eigenvalue weighted by Crippen LogP contribution is 2.32. The molecule has 0 radical (unpaired) electrons. The quantitative estimate of drug-likeness (QED) is 0.621. The first-order chi connectivity index (χ1) is 12.7. The molecule has 0 bridgehead atoms. The molecule has 7 nitrogen and oxygen atoms in total. The van der Waals surface area contributed by atoms with Gasteiger partial charge in [-0.2, -0.15) is 5.10 Å². The second-order valence-corrected chi connectivity index (χ2v) is 6.88. The largest absolute Gasteiger partial charge is 0.477 e. The van der Waals surface area contributed by atoms with Crippen LogP contribution < -0.4 is 14.8 Å². The summed E-state index contributed by atoms with van der Waals surface area (Å²) in [6, 6.07) is 11.2. The molecule has 134 valence electrons. The molecular formula is C18H17N3O4S. The molecule has 0 amide bonds. The number of carbonyl (C=O) groups is 1. The van der Waals surface area contributed by atoms with E-state index in [1.807, 2.05) is 35.1 Å². The van der Waals surface area contributed by atoms with E-state index in [4.69, 9.17) is 14.6 Å². The van der Waals surface area contributed by atoms with Crippen LogP contribution in [0, 0.1) is 0 Å². The normalized spacial score (nSPS) is 12.5. The number of hydrogen-bond donors (Lipinski definition) is 2. The SMILES string of the molecule is O=C(O)c1ccc(-c2ccn(CCNCc3ccc4c(c3)OCO4)n2)s1. The molecule has 1 aliphatic rings. The van der Waals surface area contributed by atoms with Crippen LogP contribution in [0.5, 0.6) is 11.5 Å². The third-order valence-electron chi connectivity index (χ3n) is 3.99. The topological polar surface area (TPSA) is 85.6 Å². The van der Waals surface area contributed by atoms with Crippen molar-refractivity contribution in [3.05, 3.63) is 53.0 Å². The van der Waals surface area contributed by atoms with Crippen LogP contribution in [-0.4, -0.2) is 34.2 Å². The van der Waals surface area contributed by atoms with Crippen LogP contribution in [0.3, 0.4) is 0 Å². The minimum atomic E-state index is -0.909. The Bertz CT molecular complexity index is 934. The van der Waals surface area contributed by atoms with Crippen LogP contribution >= 0.6 is 11.3 Å². The highest BCUT2D eigenvalue weighted by atomic mass is 32.1. The van der Waals surface area contributed by atoms with Gasteiger partial charge in [0.05, 0.1) is 11.4 Å². The predicted molar refractivity (Wildman–Crippen MR) is 96.8 cm³/mol. The number of fused-ring (bicyclic) bond motifs is 1. The molecule has 0 fully saturated rings. The van der Waals surface area contributed by atoms with Gasteiger partial charge in [0, 0.05) is 19.3 Å². The van der Waals surface area contributed by atoms with Crippen molar-refractivity contribution >= 4 is 17.3 Å². The average Bonchev–Trinajstić information content (AvgIpc) is 3.37. The lowest BCUT2D eigenvalue weighted by atomic mass is 10.2. The molecule has 26 heavy (non-hydrogen) atoms. The summed E-state index contributed by atoms with van der Waals surface area (Å²) in [5.41, 5.74) is 1.92. The zero-order valence-electron chi connectivity index (χ0n) is 13.8. The molecule has 0 spiro atoms. The van der Waals surface area contributed by atoms with Crippen molar-refractivity contribution in [1.29, 1.82) is 0 Å². The van der Waals surface area contributed by atoms with Crippen molar-refractivity contribution in [2.75, 3.05) is 13.3 Å². The fraction of sp³-hybridized carbons (Fsp3) is 0.222. The van der Waals surface area contributed by atoms with Gasteiger partial charge in [-0.25, -0.2) is 4.79 Å². The van der Waals surface area contributed by atoms with Gasteiger partial charge in [0.25, 0.3) is 0 Å². The Morgan fingerprint density at radius 1 is 1.23 bits per heavy atom. The van der Waals surface area contributed by atoms with Crippen molar-refractivity contribution in [3.8, 4) is 22.1 Å². The maximum absolute atomic E-state index is 11.0. The van der Waals surface area contributed by atoms with Crippen LogP contribution in [0.1, 0.15) is 15.2 Å². The molecule has 8 heteroatoms. The number of aromatic carboxylic acids is 1. The van der Waals surface area contributed by atoms with Gasteiger partial charge in [0.1, 0.15) is 10.6 Å². The Morgan fingerprint density at radius 3 is 2.96 bits per heavy atom. The Balaban J connectivity index is 1.29. The zero-order chi connectivity index (χ0) is 17.9. The summed E-state index contributed by atoms with van der Waals surface area (Å²) in [6.07, 6.45) is 1.90. The number of nitrogens with one attached hydrogen (secondary N) is 1. The maximum atomic E-state index is 11.0. The van der Waals surface area contributed by atoms with Crippen LogP contribution in [0.25, 0.3) is 10.6 Å². The number of benzene rings is 1. The number of rotatable bonds is 7. The lowest BCUT2D eigenvalue weighted by molar-refractivity contribution is 0.0702. The number of aromatic nitrogens is 2. The maximum Gasteiger partial charge on any atom is 0.345 e. The van der Waals surface area contributed by atoms with Crippen LogP contribution in [0.15, 0.2) is 42.6 Å². The second-order valence-electron chi connectivity index (χ2n) is 5.80. The van der Waals surface area contributed by atoms with E-state index in [1.54, 1.807) is 12.1 Å². The summed E-state index contributed by atoms with van der Waals surface area (Å²) in [5.74, 6) is 0.670. The Morgan fingerprint density at radius 2 is 2.12 bits per heavy atom. The lowest BCUT2D eigenvalue weighted by Crippen LogP contribution is -2.19. The van der Waals surface area contributed by atoms with Crippen LogP contribution in [0.2, 0.25) is 0 Å².